The molecule has 88 valence electrons. The molecule has 0 saturated carbocycles. The molecule has 2 aliphatic heterocycles. The molecule has 0 aromatic heterocycles. The molecule has 0 aromatic carbocycles. The SMILES string of the molecule is CCN1CCC(CC2CNC(C)C2)CC1. The Hall–Kier alpha value is -0.0800. The molecule has 0 bridgehead atoms. The minimum atomic E-state index is 0.769. The minimum Gasteiger partial charge on any atom is -0.314 e. The van der Waals surface area contributed by atoms with Crippen molar-refractivity contribution in [2.24, 2.45) is 11.8 Å². The van der Waals surface area contributed by atoms with Gasteiger partial charge in [0.1, 0.15) is 0 Å². The molecular weight excluding hydrogens is 184 g/mol. The van der Waals surface area contributed by atoms with E-state index >= 15 is 0 Å². The van der Waals surface area contributed by atoms with Crippen molar-refractivity contribution in [3.05, 3.63) is 0 Å². The summed E-state index contributed by atoms with van der Waals surface area (Å²) in [6.07, 6.45) is 5.78. The summed E-state index contributed by atoms with van der Waals surface area (Å²) in [6, 6.07) is 0.769. The average molecular weight is 210 g/mol. The van der Waals surface area contributed by atoms with Gasteiger partial charge in [-0.1, -0.05) is 6.92 Å². The second-order valence-electron chi connectivity index (χ2n) is 5.52. The summed E-state index contributed by atoms with van der Waals surface area (Å²) in [4.78, 5) is 2.59. The molecule has 0 radical (unpaired) electrons. The van der Waals surface area contributed by atoms with Gasteiger partial charge in [-0.05, 0) is 70.6 Å². The van der Waals surface area contributed by atoms with Crippen LogP contribution < -0.4 is 5.32 Å². The van der Waals surface area contributed by atoms with Gasteiger partial charge in [-0.15, -0.1) is 0 Å². The highest BCUT2D eigenvalue weighted by Gasteiger charge is 2.25. The van der Waals surface area contributed by atoms with E-state index in [1.165, 1.54) is 51.9 Å². The first-order valence-corrected chi connectivity index (χ1v) is 6.73. The van der Waals surface area contributed by atoms with Crippen LogP contribution in [0.5, 0.6) is 0 Å². The third kappa shape index (κ3) is 3.18. The Kier molecular flexibility index (Phi) is 4.04. The van der Waals surface area contributed by atoms with Crippen molar-refractivity contribution < 1.29 is 0 Å². The summed E-state index contributed by atoms with van der Waals surface area (Å²) < 4.78 is 0. The van der Waals surface area contributed by atoms with Crippen molar-refractivity contribution in [3.63, 3.8) is 0 Å². The molecule has 2 aliphatic rings. The van der Waals surface area contributed by atoms with Crippen LogP contribution in [0.15, 0.2) is 0 Å². The quantitative estimate of drug-likeness (QED) is 0.767. The zero-order valence-corrected chi connectivity index (χ0v) is 10.3. The average Bonchev–Trinajstić information content (AvgIpc) is 2.65. The lowest BCUT2D eigenvalue weighted by molar-refractivity contribution is 0.175. The molecule has 2 rings (SSSR count). The van der Waals surface area contributed by atoms with Crippen LogP contribution in [0.1, 0.15) is 39.5 Å². The Labute approximate surface area is 94.4 Å². The molecule has 2 heterocycles. The highest BCUT2D eigenvalue weighted by molar-refractivity contribution is 4.82. The van der Waals surface area contributed by atoms with Crippen molar-refractivity contribution in [1.29, 1.82) is 0 Å². The van der Waals surface area contributed by atoms with Gasteiger partial charge in [-0.25, -0.2) is 0 Å². The summed E-state index contributed by atoms with van der Waals surface area (Å²) in [6.45, 7) is 9.81. The molecule has 2 saturated heterocycles. The van der Waals surface area contributed by atoms with Crippen LogP contribution in [-0.2, 0) is 0 Å². The summed E-state index contributed by atoms with van der Waals surface area (Å²) in [5.74, 6) is 1.99. The van der Waals surface area contributed by atoms with Crippen molar-refractivity contribution >= 4 is 0 Å². The van der Waals surface area contributed by atoms with Crippen molar-refractivity contribution in [2.75, 3.05) is 26.2 Å². The van der Waals surface area contributed by atoms with E-state index < -0.39 is 0 Å². The first-order chi connectivity index (χ1) is 7.28. The van der Waals surface area contributed by atoms with Crippen molar-refractivity contribution in [3.8, 4) is 0 Å². The van der Waals surface area contributed by atoms with Crippen molar-refractivity contribution in [1.82, 2.24) is 10.2 Å². The molecule has 0 aromatic rings. The van der Waals surface area contributed by atoms with E-state index in [-0.39, 0.29) is 0 Å². The maximum absolute atomic E-state index is 3.57. The van der Waals surface area contributed by atoms with E-state index in [0.29, 0.717) is 0 Å². The van der Waals surface area contributed by atoms with E-state index in [9.17, 15) is 0 Å². The fraction of sp³-hybridized carbons (Fsp3) is 1.00. The largest absolute Gasteiger partial charge is 0.314 e. The van der Waals surface area contributed by atoms with Gasteiger partial charge in [0.05, 0.1) is 0 Å². The van der Waals surface area contributed by atoms with Gasteiger partial charge in [0.15, 0.2) is 0 Å². The molecule has 0 spiro atoms. The normalized spacial score (nSPS) is 34.8. The number of nitrogens with zero attached hydrogens (tertiary/aromatic N) is 1. The smallest absolute Gasteiger partial charge is 0.00419 e. The topological polar surface area (TPSA) is 15.3 Å². The molecule has 1 N–H and O–H groups in total. The highest BCUT2D eigenvalue weighted by atomic mass is 15.1. The fourth-order valence-corrected chi connectivity index (χ4v) is 3.22. The Balaban J connectivity index is 1.68. The Morgan fingerprint density at radius 1 is 1.20 bits per heavy atom. The second kappa shape index (κ2) is 5.31. The standard InChI is InChI=1S/C13H26N2/c1-3-15-6-4-12(5-7-15)9-13-8-11(2)14-10-13/h11-14H,3-10H2,1-2H3. The van der Waals surface area contributed by atoms with Gasteiger partial charge in [-0.2, -0.15) is 0 Å². The zero-order chi connectivity index (χ0) is 10.7. The summed E-state index contributed by atoms with van der Waals surface area (Å²) >= 11 is 0. The van der Waals surface area contributed by atoms with Crippen LogP contribution in [0, 0.1) is 11.8 Å². The molecule has 15 heavy (non-hydrogen) atoms. The van der Waals surface area contributed by atoms with E-state index in [2.05, 4.69) is 24.1 Å². The minimum absolute atomic E-state index is 0.769. The Morgan fingerprint density at radius 2 is 1.93 bits per heavy atom. The predicted molar refractivity (Wildman–Crippen MR) is 65.0 cm³/mol. The van der Waals surface area contributed by atoms with Gasteiger partial charge in [0.25, 0.3) is 0 Å². The second-order valence-corrected chi connectivity index (χ2v) is 5.52. The molecule has 0 amide bonds. The van der Waals surface area contributed by atoms with E-state index in [1.54, 1.807) is 0 Å². The summed E-state index contributed by atoms with van der Waals surface area (Å²) in [5, 5.41) is 3.57. The maximum Gasteiger partial charge on any atom is 0.00419 e. The number of piperidine rings is 1. The Bertz CT molecular complexity index is 185. The first kappa shape index (κ1) is 11.4. The monoisotopic (exact) mass is 210 g/mol. The summed E-state index contributed by atoms with van der Waals surface area (Å²) in [7, 11) is 0. The molecular formula is C13H26N2. The number of likely N-dealkylation sites (tertiary alicyclic amines) is 1. The molecule has 2 heteroatoms. The van der Waals surface area contributed by atoms with Gasteiger partial charge < -0.3 is 10.2 Å². The van der Waals surface area contributed by atoms with Crippen LogP contribution in [-0.4, -0.2) is 37.1 Å². The maximum atomic E-state index is 3.57. The predicted octanol–water partition coefficient (Wildman–Crippen LogP) is 2.11. The number of nitrogens with one attached hydrogen (secondary N) is 1. The lowest BCUT2D eigenvalue weighted by Gasteiger charge is -2.32. The third-order valence-electron chi connectivity index (χ3n) is 4.26. The van der Waals surface area contributed by atoms with Gasteiger partial charge >= 0.3 is 0 Å². The van der Waals surface area contributed by atoms with Crippen LogP contribution in [0.25, 0.3) is 0 Å². The fourth-order valence-electron chi connectivity index (χ4n) is 3.22. The van der Waals surface area contributed by atoms with Crippen molar-refractivity contribution in [2.45, 2.75) is 45.6 Å². The van der Waals surface area contributed by atoms with E-state index in [4.69, 9.17) is 0 Å². The molecule has 2 atom stereocenters. The first-order valence-electron chi connectivity index (χ1n) is 6.73. The van der Waals surface area contributed by atoms with Gasteiger partial charge in [0, 0.05) is 6.04 Å². The van der Waals surface area contributed by atoms with Crippen LogP contribution >= 0.6 is 0 Å². The van der Waals surface area contributed by atoms with Gasteiger partial charge in [0.2, 0.25) is 0 Å². The van der Waals surface area contributed by atoms with Crippen LogP contribution in [0.3, 0.4) is 0 Å². The molecule has 2 nitrogen and oxygen atoms in total. The third-order valence-corrected chi connectivity index (χ3v) is 4.26. The lowest BCUT2D eigenvalue weighted by Crippen LogP contribution is -2.34. The summed E-state index contributed by atoms with van der Waals surface area (Å²) in [5.41, 5.74) is 0. The van der Waals surface area contributed by atoms with Gasteiger partial charge in [-0.3, -0.25) is 0 Å². The highest BCUT2D eigenvalue weighted by Crippen LogP contribution is 2.28. The molecule has 2 fully saturated rings. The zero-order valence-electron chi connectivity index (χ0n) is 10.3. The van der Waals surface area contributed by atoms with Crippen LogP contribution in [0.2, 0.25) is 0 Å². The number of hydrogen-bond donors (Lipinski definition) is 1. The lowest BCUT2D eigenvalue weighted by atomic mass is 9.86. The number of rotatable bonds is 3. The number of hydrogen-bond acceptors (Lipinski definition) is 2. The Morgan fingerprint density at radius 3 is 2.47 bits per heavy atom. The van der Waals surface area contributed by atoms with E-state index in [1.807, 2.05) is 0 Å². The molecule has 2 unspecified atom stereocenters. The molecule has 0 aliphatic carbocycles. The van der Waals surface area contributed by atoms with Crippen LogP contribution in [0.4, 0.5) is 0 Å². The van der Waals surface area contributed by atoms with E-state index in [0.717, 1.165) is 17.9 Å².